The highest BCUT2D eigenvalue weighted by atomic mass is 32.2. The molecule has 0 rings (SSSR count). The summed E-state index contributed by atoms with van der Waals surface area (Å²) in [7, 11) is -2.20. The molecule has 1 N–H and O–H groups in total. The van der Waals surface area contributed by atoms with E-state index in [9.17, 15) is 13.2 Å². The van der Waals surface area contributed by atoms with Gasteiger partial charge in [0, 0.05) is 13.6 Å². The maximum atomic E-state index is 11.2. The van der Waals surface area contributed by atoms with Crippen LogP contribution in [0.25, 0.3) is 0 Å². The molecule has 0 aliphatic rings. The van der Waals surface area contributed by atoms with Gasteiger partial charge in [-0.15, -0.1) is 0 Å². The van der Waals surface area contributed by atoms with Crippen LogP contribution in [0.2, 0.25) is 0 Å². The van der Waals surface area contributed by atoms with Crippen molar-refractivity contribution in [1.29, 1.82) is 0 Å². The molecule has 0 saturated heterocycles. The normalized spacial score (nSPS) is 11.9. The van der Waals surface area contributed by atoms with Gasteiger partial charge in [-0.1, -0.05) is 13.3 Å². The van der Waals surface area contributed by atoms with Crippen LogP contribution >= 0.6 is 0 Å². The van der Waals surface area contributed by atoms with Gasteiger partial charge in [-0.3, -0.25) is 4.79 Å². The van der Waals surface area contributed by atoms with E-state index in [1.807, 2.05) is 6.92 Å². The average Bonchev–Trinajstić information content (AvgIpc) is 1.97. The van der Waals surface area contributed by atoms with Gasteiger partial charge in [0.2, 0.25) is 10.0 Å². The van der Waals surface area contributed by atoms with Crippen molar-refractivity contribution in [1.82, 2.24) is 4.31 Å². The van der Waals surface area contributed by atoms with Crippen molar-refractivity contribution >= 4 is 16.0 Å². The summed E-state index contributed by atoms with van der Waals surface area (Å²) >= 11 is 0. The Morgan fingerprint density at radius 3 is 2.38 bits per heavy atom. The van der Waals surface area contributed by atoms with E-state index in [2.05, 4.69) is 0 Å². The van der Waals surface area contributed by atoms with E-state index in [-0.39, 0.29) is 0 Å². The molecule has 0 atom stereocenters. The maximum absolute atomic E-state index is 11.2. The lowest BCUT2D eigenvalue weighted by atomic mass is 10.3. The molecule has 0 unspecified atom stereocenters. The molecule has 0 aromatic rings. The molecule has 0 spiro atoms. The molecule has 0 bridgehead atoms. The summed E-state index contributed by atoms with van der Waals surface area (Å²) in [5.74, 6) is -2.14. The third kappa shape index (κ3) is 4.84. The number of carboxylic acid groups (broad SMARTS) is 1. The summed E-state index contributed by atoms with van der Waals surface area (Å²) in [4.78, 5) is 10.2. The fraction of sp³-hybridized carbons (Fsp3) is 0.857. The van der Waals surface area contributed by atoms with Gasteiger partial charge in [0.05, 0.1) is 0 Å². The smallest absolute Gasteiger partial charge is 0.320 e. The summed E-state index contributed by atoms with van der Waals surface area (Å²) in [5, 5.41) is 8.32. The lowest BCUT2D eigenvalue weighted by Gasteiger charge is -2.14. The van der Waals surface area contributed by atoms with Gasteiger partial charge in [-0.25, -0.2) is 12.7 Å². The number of nitrogens with zero attached hydrogens (tertiary/aromatic N) is 1. The Hall–Kier alpha value is -0.620. The van der Waals surface area contributed by atoms with Crippen LogP contribution in [0, 0.1) is 0 Å². The quantitative estimate of drug-likeness (QED) is 0.675. The molecule has 0 aliphatic carbocycles. The Morgan fingerprint density at radius 2 is 2.00 bits per heavy atom. The molecule has 0 radical (unpaired) electrons. The Bertz CT molecular complexity index is 260. The predicted octanol–water partition coefficient (Wildman–Crippen LogP) is 0.133. The number of hydrogen-bond acceptors (Lipinski definition) is 3. The highest BCUT2D eigenvalue weighted by molar-refractivity contribution is 7.89. The van der Waals surface area contributed by atoms with E-state index in [4.69, 9.17) is 5.11 Å². The Balaban J connectivity index is 4.20. The van der Waals surface area contributed by atoms with Gasteiger partial charge >= 0.3 is 5.97 Å². The Labute approximate surface area is 78.4 Å². The first-order valence-corrected chi connectivity index (χ1v) is 5.67. The zero-order chi connectivity index (χ0) is 10.5. The number of carboxylic acids is 1. The summed E-state index contributed by atoms with van der Waals surface area (Å²) in [5.41, 5.74) is 0. The zero-order valence-electron chi connectivity index (χ0n) is 7.86. The lowest BCUT2D eigenvalue weighted by Crippen LogP contribution is -2.32. The van der Waals surface area contributed by atoms with E-state index < -0.39 is 21.7 Å². The van der Waals surface area contributed by atoms with Gasteiger partial charge < -0.3 is 5.11 Å². The highest BCUT2D eigenvalue weighted by Gasteiger charge is 2.20. The number of carbonyl (C=O) groups is 1. The molecule has 0 aliphatic heterocycles. The first kappa shape index (κ1) is 12.4. The highest BCUT2D eigenvalue weighted by Crippen LogP contribution is 2.00. The average molecular weight is 209 g/mol. The van der Waals surface area contributed by atoms with E-state index in [1.54, 1.807) is 0 Å². The fourth-order valence-corrected chi connectivity index (χ4v) is 1.73. The topological polar surface area (TPSA) is 74.7 Å². The second-order valence-electron chi connectivity index (χ2n) is 2.83. The van der Waals surface area contributed by atoms with Gasteiger partial charge in [0.25, 0.3) is 0 Å². The monoisotopic (exact) mass is 209 g/mol. The van der Waals surface area contributed by atoms with Crippen molar-refractivity contribution in [2.24, 2.45) is 0 Å². The minimum atomic E-state index is -3.60. The third-order valence-electron chi connectivity index (χ3n) is 1.61. The third-order valence-corrected chi connectivity index (χ3v) is 3.35. The van der Waals surface area contributed by atoms with Gasteiger partial charge in [0.1, 0.15) is 0 Å². The fourth-order valence-electron chi connectivity index (χ4n) is 0.786. The van der Waals surface area contributed by atoms with Gasteiger partial charge in [-0.2, -0.15) is 0 Å². The van der Waals surface area contributed by atoms with E-state index in [0.29, 0.717) is 6.54 Å². The molecule has 13 heavy (non-hydrogen) atoms. The molecule has 0 heterocycles. The maximum Gasteiger partial charge on any atom is 0.320 e. The summed E-state index contributed by atoms with van der Waals surface area (Å²) in [6, 6.07) is 0. The number of rotatable bonds is 6. The number of hydrogen-bond donors (Lipinski definition) is 1. The van der Waals surface area contributed by atoms with Crippen LogP contribution in [0.4, 0.5) is 0 Å². The molecule has 0 fully saturated rings. The van der Waals surface area contributed by atoms with Crippen molar-refractivity contribution in [3.8, 4) is 0 Å². The molecule has 0 aromatic carbocycles. The van der Waals surface area contributed by atoms with E-state index in [1.165, 1.54) is 7.05 Å². The second-order valence-corrected chi connectivity index (χ2v) is 4.90. The minimum absolute atomic E-state index is 0.381. The molecule has 0 amide bonds. The first-order valence-electron chi connectivity index (χ1n) is 4.06. The van der Waals surface area contributed by atoms with Crippen LogP contribution in [0.5, 0.6) is 0 Å². The summed E-state index contributed by atoms with van der Waals surface area (Å²) in [6.45, 7) is 2.32. The first-order chi connectivity index (χ1) is 5.90. The minimum Gasteiger partial charge on any atom is -0.480 e. The summed E-state index contributed by atoms with van der Waals surface area (Å²) in [6.07, 6.45) is 1.63. The van der Waals surface area contributed by atoms with Crippen molar-refractivity contribution in [2.45, 2.75) is 19.8 Å². The molecule has 6 heteroatoms. The standard InChI is InChI=1S/C7H15NO4S/c1-3-4-5-8(2)13(11,12)6-7(9)10/h3-6H2,1-2H3,(H,9,10). The molecule has 0 saturated carbocycles. The Kier molecular flexibility index (Phi) is 4.94. The zero-order valence-corrected chi connectivity index (χ0v) is 8.67. The van der Waals surface area contributed by atoms with Crippen LogP contribution < -0.4 is 0 Å². The van der Waals surface area contributed by atoms with E-state index in [0.717, 1.165) is 17.1 Å². The van der Waals surface area contributed by atoms with Crippen molar-refractivity contribution in [3.05, 3.63) is 0 Å². The second kappa shape index (κ2) is 5.18. The van der Waals surface area contributed by atoms with Crippen LogP contribution in [-0.2, 0) is 14.8 Å². The van der Waals surface area contributed by atoms with Gasteiger partial charge in [0.15, 0.2) is 5.75 Å². The number of sulfonamides is 1. The van der Waals surface area contributed by atoms with Crippen molar-refractivity contribution in [3.63, 3.8) is 0 Å². The van der Waals surface area contributed by atoms with Crippen molar-refractivity contribution in [2.75, 3.05) is 19.3 Å². The van der Waals surface area contributed by atoms with E-state index >= 15 is 0 Å². The van der Waals surface area contributed by atoms with Crippen LogP contribution in [0.15, 0.2) is 0 Å². The van der Waals surface area contributed by atoms with Crippen LogP contribution in [0.3, 0.4) is 0 Å². The number of aliphatic carboxylic acids is 1. The van der Waals surface area contributed by atoms with Crippen LogP contribution in [-0.4, -0.2) is 43.1 Å². The molecule has 0 aromatic heterocycles. The lowest BCUT2D eigenvalue weighted by molar-refractivity contribution is -0.134. The molecular formula is C7H15NO4S. The number of unbranched alkanes of at least 4 members (excludes halogenated alkanes) is 1. The van der Waals surface area contributed by atoms with Gasteiger partial charge in [-0.05, 0) is 6.42 Å². The predicted molar refractivity (Wildman–Crippen MR) is 49.0 cm³/mol. The summed E-state index contributed by atoms with van der Waals surface area (Å²) < 4.78 is 23.5. The molecular weight excluding hydrogens is 194 g/mol. The largest absolute Gasteiger partial charge is 0.480 e. The molecule has 5 nitrogen and oxygen atoms in total. The van der Waals surface area contributed by atoms with Crippen LogP contribution in [0.1, 0.15) is 19.8 Å². The SMILES string of the molecule is CCCCN(C)S(=O)(=O)CC(=O)O. The molecule has 78 valence electrons. The Morgan fingerprint density at radius 1 is 1.46 bits per heavy atom. The van der Waals surface area contributed by atoms with Crippen molar-refractivity contribution < 1.29 is 18.3 Å².